The van der Waals surface area contributed by atoms with Crippen LogP contribution in [0, 0.1) is 5.82 Å². The fourth-order valence-corrected chi connectivity index (χ4v) is 2.27. The molecule has 2 aromatic rings. The third kappa shape index (κ3) is 3.36. The van der Waals surface area contributed by atoms with Crippen LogP contribution < -0.4 is 0 Å². The zero-order valence-corrected chi connectivity index (χ0v) is 11.1. The number of hydrogen-bond donors (Lipinski definition) is 0. The summed E-state index contributed by atoms with van der Waals surface area (Å²) in [5.41, 5.74) is 0. The summed E-state index contributed by atoms with van der Waals surface area (Å²) in [4.78, 5) is 15.1. The molecule has 7 heteroatoms. The van der Waals surface area contributed by atoms with Crippen LogP contribution in [0.1, 0.15) is 12.7 Å². The van der Waals surface area contributed by atoms with Gasteiger partial charge in [0.2, 0.25) is 0 Å². The Balaban J connectivity index is 2.05. The van der Waals surface area contributed by atoms with Gasteiger partial charge in [0.15, 0.2) is 11.0 Å². The molecule has 2 aromatic heterocycles. The second kappa shape index (κ2) is 5.58. The second-order valence-corrected chi connectivity index (χ2v) is 5.52. The fraction of sp³-hybridized carbons (Fsp3) is 0.273. The molecule has 18 heavy (non-hydrogen) atoms. The molecule has 0 aromatic carbocycles. The van der Waals surface area contributed by atoms with Crippen molar-refractivity contribution < 1.29 is 4.39 Å². The lowest BCUT2D eigenvalue weighted by Crippen LogP contribution is -2.21. The number of nitrogens with zero attached hydrogens (tertiary/aromatic N) is 4. The number of rotatable bonds is 4. The number of thioether (sulfide) groups is 1. The highest BCUT2D eigenvalue weighted by Gasteiger charge is 2.27. The van der Waals surface area contributed by atoms with Crippen molar-refractivity contribution in [1.82, 2.24) is 19.9 Å². The smallest absolute Gasteiger partial charge is 0.187 e. The highest BCUT2D eigenvalue weighted by molar-refractivity contribution is 7.99. The average Bonchev–Trinajstić information content (AvgIpc) is 2.38. The first-order valence-corrected chi connectivity index (χ1v) is 6.51. The van der Waals surface area contributed by atoms with Gasteiger partial charge in [-0.25, -0.2) is 24.3 Å². The summed E-state index contributed by atoms with van der Waals surface area (Å²) in [6.45, 7) is 1.78. The molecular formula is C11H10ClFN4S. The van der Waals surface area contributed by atoms with Crippen LogP contribution in [0.2, 0.25) is 0 Å². The summed E-state index contributed by atoms with van der Waals surface area (Å²) in [6.07, 6.45) is 5.53. The maximum absolute atomic E-state index is 12.7. The Kier molecular flexibility index (Phi) is 4.08. The maximum atomic E-state index is 12.7. The molecule has 0 aliphatic carbocycles. The van der Waals surface area contributed by atoms with Gasteiger partial charge in [0.05, 0.1) is 12.4 Å². The summed E-state index contributed by atoms with van der Waals surface area (Å²) in [5, 5.41) is 0.631. The van der Waals surface area contributed by atoms with Gasteiger partial charge in [-0.05, 0) is 13.0 Å². The summed E-state index contributed by atoms with van der Waals surface area (Å²) < 4.78 is 12.7. The lowest BCUT2D eigenvalue weighted by molar-refractivity contribution is 0.597. The molecular weight excluding hydrogens is 275 g/mol. The Morgan fingerprint density at radius 1 is 1.22 bits per heavy atom. The van der Waals surface area contributed by atoms with Gasteiger partial charge >= 0.3 is 0 Å². The van der Waals surface area contributed by atoms with E-state index in [1.54, 1.807) is 25.4 Å². The molecule has 0 aliphatic rings. The van der Waals surface area contributed by atoms with Gasteiger partial charge in [-0.3, -0.25) is 0 Å². The molecule has 0 aliphatic heterocycles. The molecule has 0 radical (unpaired) electrons. The Labute approximate surface area is 113 Å². The highest BCUT2D eigenvalue weighted by Crippen LogP contribution is 2.31. The van der Waals surface area contributed by atoms with Crippen LogP contribution in [-0.4, -0.2) is 25.7 Å². The van der Waals surface area contributed by atoms with E-state index in [1.807, 2.05) is 0 Å². The lowest BCUT2D eigenvalue weighted by atomic mass is 10.2. The van der Waals surface area contributed by atoms with Crippen LogP contribution in [0.5, 0.6) is 0 Å². The highest BCUT2D eigenvalue weighted by atomic mass is 35.5. The van der Waals surface area contributed by atoms with Crippen molar-refractivity contribution in [3.05, 3.63) is 42.5 Å². The third-order valence-electron chi connectivity index (χ3n) is 2.10. The lowest BCUT2D eigenvalue weighted by Gasteiger charge is -2.18. The molecule has 0 bridgehead atoms. The fourth-order valence-electron chi connectivity index (χ4n) is 1.21. The van der Waals surface area contributed by atoms with Crippen molar-refractivity contribution in [3.8, 4) is 0 Å². The molecule has 0 N–H and O–H groups in total. The van der Waals surface area contributed by atoms with Crippen LogP contribution in [-0.2, 0) is 4.87 Å². The van der Waals surface area contributed by atoms with Crippen LogP contribution in [0.4, 0.5) is 4.39 Å². The van der Waals surface area contributed by atoms with Gasteiger partial charge in [-0.2, -0.15) is 0 Å². The Bertz CT molecular complexity index is 506. The minimum absolute atomic E-state index is 0.383. The zero-order chi connectivity index (χ0) is 13.0. The van der Waals surface area contributed by atoms with Crippen molar-refractivity contribution in [3.63, 3.8) is 0 Å². The number of halogens is 2. The summed E-state index contributed by atoms with van der Waals surface area (Å²) >= 11 is 7.74. The van der Waals surface area contributed by atoms with Gasteiger partial charge in [-0.15, -0.1) is 11.6 Å². The van der Waals surface area contributed by atoms with E-state index in [4.69, 9.17) is 11.6 Å². The molecule has 0 saturated carbocycles. The van der Waals surface area contributed by atoms with E-state index in [9.17, 15) is 4.39 Å². The van der Waals surface area contributed by atoms with Crippen LogP contribution in [0.15, 0.2) is 36.0 Å². The standard InChI is InChI=1S/C11H10ClFN4S/c1-11(12,9-16-5-8(13)6-17-9)7-18-10-14-3-2-4-15-10/h2-6H,7H2,1H3. The Morgan fingerprint density at radius 2 is 1.83 bits per heavy atom. The summed E-state index contributed by atoms with van der Waals surface area (Å²) in [5.74, 6) is 0.392. The van der Waals surface area contributed by atoms with Crippen molar-refractivity contribution >= 4 is 23.4 Å². The van der Waals surface area contributed by atoms with E-state index in [-0.39, 0.29) is 0 Å². The molecule has 2 rings (SSSR count). The molecule has 2 heterocycles. The molecule has 4 nitrogen and oxygen atoms in total. The SMILES string of the molecule is CC(Cl)(CSc1ncccn1)c1ncc(F)cn1. The zero-order valence-electron chi connectivity index (χ0n) is 9.55. The molecule has 0 fully saturated rings. The molecule has 0 saturated heterocycles. The largest absolute Gasteiger partial charge is 0.236 e. The minimum Gasteiger partial charge on any atom is -0.236 e. The normalized spacial score (nSPS) is 14.2. The first kappa shape index (κ1) is 13.2. The van der Waals surface area contributed by atoms with Crippen molar-refractivity contribution in [2.24, 2.45) is 0 Å². The predicted octanol–water partition coefficient (Wildman–Crippen LogP) is 2.65. The predicted molar refractivity (Wildman–Crippen MR) is 68.0 cm³/mol. The first-order valence-electron chi connectivity index (χ1n) is 5.15. The third-order valence-corrected chi connectivity index (χ3v) is 3.75. The van der Waals surface area contributed by atoms with E-state index in [0.29, 0.717) is 16.7 Å². The van der Waals surface area contributed by atoms with Gasteiger partial charge < -0.3 is 0 Å². The maximum Gasteiger partial charge on any atom is 0.187 e. The van der Waals surface area contributed by atoms with E-state index in [0.717, 1.165) is 12.4 Å². The first-order chi connectivity index (χ1) is 8.58. The van der Waals surface area contributed by atoms with Crippen molar-refractivity contribution in [2.75, 3.05) is 5.75 Å². The van der Waals surface area contributed by atoms with Crippen molar-refractivity contribution in [1.29, 1.82) is 0 Å². The number of alkyl halides is 1. The number of hydrogen-bond acceptors (Lipinski definition) is 5. The molecule has 0 amide bonds. The van der Waals surface area contributed by atoms with Crippen molar-refractivity contribution in [2.45, 2.75) is 17.0 Å². The van der Waals surface area contributed by atoms with E-state index in [1.165, 1.54) is 11.8 Å². The average molecular weight is 285 g/mol. The summed E-state index contributed by atoms with van der Waals surface area (Å²) in [7, 11) is 0. The number of aromatic nitrogens is 4. The minimum atomic E-state index is -0.794. The van der Waals surface area contributed by atoms with Crippen LogP contribution >= 0.6 is 23.4 Å². The van der Waals surface area contributed by atoms with Gasteiger partial charge in [-0.1, -0.05) is 11.8 Å². The van der Waals surface area contributed by atoms with Gasteiger partial charge in [0, 0.05) is 18.1 Å². The van der Waals surface area contributed by atoms with Gasteiger partial charge in [0.1, 0.15) is 10.7 Å². The Morgan fingerprint density at radius 3 is 2.44 bits per heavy atom. The quantitative estimate of drug-likeness (QED) is 0.491. The van der Waals surface area contributed by atoms with Gasteiger partial charge in [0.25, 0.3) is 0 Å². The molecule has 1 atom stereocenters. The molecule has 0 spiro atoms. The Hall–Kier alpha value is -1.27. The second-order valence-electron chi connectivity index (χ2n) is 3.74. The van der Waals surface area contributed by atoms with E-state index >= 15 is 0 Å². The van der Waals surface area contributed by atoms with E-state index in [2.05, 4.69) is 19.9 Å². The topological polar surface area (TPSA) is 51.6 Å². The van der Waals surface area contributed by atoms with E-state index < -0.39 is 10.7 Å². The molecule has 1 unspecified atom stereocenters. The van der Waals surface area contributed by atoms with Crippen LogP contribution in [0.3, 0.4) is 0 Å². The molecule has 94 valence electrons. The summed E-state index contributed by atoms with van der Waals surface area (Å²) in [6, 6.07) is 1.74. The van der Waals surface area contributed by atoms with Crippen LogP contribution in [0.25, 0.3) is 0 Å². The monoisotopic (exact) mass is 284 g/mol.